The number of hydrogen-bond acceptors (Lipinski definition) is 5. The van der Waals surface area contributed by atoms with E-state index in [2.05, 4.69) is 72.1 Å². The van der Waals surface area contributed by atoms with Crippen molar-refractivity contribution in [1.29, 1.82) is 0 Å². The number of nitrogens with one attached hydrogen (secondary N) is 2. The molecule has 2 amide bonds. The SMILES string of the molecule is CCCCCCCCCCCC(=O)O[C@H]1CC[C@]2(C)[C@H]3CC=C4[C@@H]5CC(C)(C)CC[C@]5(C(=O)NCCCC(=O)NCC(=O)O)CC[C@@]4(C)[C@]3(C)CC[C@H]2C1(C)C. The smallest absolute Gasteiger partial charge is 0.322 e. The highest BCUT2D eigenvalue weighted by molar-refractivity contribution is 5.84. The second-order valence-corrected chi connectivity index (χ2v) is 21.3. The second kappa shape index (κ2) is 17.9. The fourth-order valence-corrected chi connectivity index (χ4v) is 13.5. The van der Waals surface area contributed by atoms with Crippen molar-refractivity contribution < 1.29 is 29.0 Å². The summed E-state index contributed by atoms with van der Waals surface area (Å²) in [6.45, 7) is 19.6. The molecule has 0 spiro atoms. The number of carboxylic acids is 1. The first-order valence-electron chi connectivity index (χ1n) is 23.0. The molecule has 5 aliphatic carbocycles. The lowest BCUT2D eigenvalue weighted by molar-refractivity contribution is -0.213. The molecular formula is C48H80N2O6. The van der Waals surface area contributed by atoms with Crippen LogP contribution in [0, 0.1) is 50.2 Å². The van der Waals surface area contributed by atoms with Crippen molar-refractivity contribution in [2.75, 3.05) is 13.1 Å². The first-order valence-corrected chi connectivity index (χ1v) is 23.0. The maximum Gasteiger partial charge on any atom is 0.322 e. The van der Waals surface area contributed by atoms with Crippen LogP contribution in [0.25, 0.3) is 0 Å². The van der Waals surface area contributed by atoms with Crippen molar-refractivity contribution in [3.63, 3.8) is 0 Å². The van der Waals surface area contributed by atoms with Crippen molar-refractivity contribution >= 4 is 23.8 Å². The van der Waals surface area contributed by atoms with Gasteiger partial charge in [-0.15, -0.1) is 0 Å². The molecule has 4 fully saturated rings. The number of hydrogen-bond donors (Lipinski definition) is 3. The summed E-state index contributed by atoms with van der Waals surface area (Å²) in [7, 11) is 0. The van der Waals surface area contributed by atoms with Crippen molar-refractivity contribution in [1.82, 2.24) is 10.6 Å². The third-order valence-electron chi connectivity index (χ3n) is 17.1. The number of rotatable bonds is 18. The Labute approximate surface area is 340 Å². The van der Waals surface area contributed by atoms with Gasteiger partial charge in [-0.25, -0.2) is 0 Å². The summed E-state index contributed by atoms with van der Waals surface area (Å²) in [6, 6.07) is 0. The lowest BCUT2D eigenvalue weighted by Crippen LogP contribution is -2.65. The third kappa shape index (κ3) is 8.94. The summed E-state index contributed by atoms with van der Waals surface area (Å²) >= 11 is 0. The summed E-state index contributed by atoms with van der Waals surface area (Å²) in [4.78, 5) is 50.5. The van der Waals surface area contributed by atoms with Crippen LogP contribution in [-0.2, 0) is 23.9 Å². The fraction of sp³-hybridized carbons (Fsp3) is 0.875. The van der Waals surface area contributed by atoms with Gasteiger partial charge in [-0.05, 0) is 116 Å². The predicted molar refractivity (Wildman–Crippen MR) is 224 cm³/mol. The number of ether oxygens (including phenoxy) is 1. The minimum absolute atomic E-state index is 0.000562. The topological polar surface area (TPSA) is 122 Å². The highest BCUT2D eigenvalue weighted by Crippen LogP contribution is 2.76. The van der Waals surface area contributed by atoms with Crippen LogP contribution in [0.2, 0.25) is 0 Å². The molecule has 8 nitrogen and oxygen atoms in total. The molecule has 5 aliphatic rings. The molecule has 3 N–H and O–H groups in total. The molecule has 8 heteroatoms. The Hall–Kier alpha value is -2.38. The van der Waals surface area contributed by atoms with Crippen LogP contribution in [0.3, 0.4) is 0 Å². The van der Waals surface area contributed by atoms with Crippen LogP contribution < -0.4 is 10.6 Å². The standard InChI is InChI=1S/C48H80N2O6/c1-9-10-11-12-13-14-15-16-17-20-41(54)56-38-24-25-45(6)36(44(38,4)5)23-26-47(8)37(45)22-21-34-35-32-43(2,3)27-29-48(35,30-28-46(34,47)7)42(55)49-31-18-19-39(51)50-33-40(52)53/h21,35-38H,9-20,22-33H2,1-8H3,(H,49,55)(H,50,51)(H,52,53)/t35-,36-,37+,38-,45-,46+,47+,48-/m0/s1. The van der Waals surface area contributed by atoms with Crippen LogP contribution in [0.5, 0.6) is 0 Å². The quantitative estimate of drug-likeness (QED) is 0.0723. The molecule has 0 aliphatic heterocycles. The Morgan fingerprint density at radius 2 is 1.41 bits per heavy atom. The van der Waals surface area contributed by atoms with Crippen molar-refractivity contribution in [2.45, 2.75) is 203 Å². The number of carbonyl (C=O) groups is 4. The van der Waals surface area contributed by atoms with E-state index in [-0.39, 0.29) is 69.8 Å². The van der Waals surface area contributed by atoms with Crippen LogP contribution in [0.15, 0.2) is 11.6 Å². The normalized spacial score (nSPS) is 35.4. The Balaban J connectivity index is 1.25. The van der Waals surface area contributed by atoms with E-state index >= 15 is 0 Å². The van der Waals surface area contributed by atoms with Gasteiger partial charge in [0.05, 0.1) is 5.41 Å². The number of carbonyl (C=O) groups excluding carboxylic acids is 3. The molecule has 0 unspecified atom stereocenters. The Morgan fingerprint density at radius 1 is 0.750 bits per heavy atom. The zero-order valence-corrected chi connectivity index (χ0v) is 36.8. The van der Waals surface area contributed by atoms with Gasteiger partial charge >= 0.3 is 11.9 Å². The average Bonchev–Trinajstić information content (AvgIpc) is 3.13. The minimum Gasteiger partial charge on any atom is -0.480 e. The molecule has 8 atom stereocenters. The van der Waals surface area contributed by atoms with E-state index in [4.69, 9.17) is 9.84 Å². The molecule has 0 radical (unpaired) electrons. The summed E-state index contributed by atoms with van der Waals surface area (Å²) in [6.07, 6.45) is 25.2. The molecule has 0 aromatic heterocycles. The lowest BCUT2D eigenvalue weighted by Gasteiger charge is -2.71. The molecule has 4 saturated carbocycles. The summed E-state index contributed by atoms with van der Waals surface area (Å²) in [5, 5.41) is 14.5. The maximum atomic E-state index is 14.4. The van der Waals surface area contributed by atoms with E-state index in [1.807, 2.05) is 0 Å². The molecule has 56 heavy (non-hydrogen) atoms. The summed E-state index contributed by atoms with van der Waals surface area (Å²) < 4.78 is 6.39. The maximum absolute atomic E-state index is 14.4. The number of carboxylic acid groups (broad SMARTS) is 1. The molecule has 0 bridgehead atoms. The predicted octanol–water partition coefficient (Wildman–Crippen LogP) is 10.7. The van der Waals surface area contributed by atoms with Gasteiger partial charge in [0.1, 0.15) is 12.6 Å². The molecule has 0 aromatic carbocycles. The van der Waals surface area contributed by atoms with Gasteiger partial charge in [0, 0.05) is 24.8 Å². The van der Waals surface area contributed by atoms with Gasteiger partial charge in [-0.1, -0.05) is 118 Å². The number of allylic oxidation sites excluding steroid dienone is 2. The largest absolute Gasteiger partial charge is 0.480 e. The lowest BCUT2D eigenvalue weighted by atomic mass is 9.33. The van der Waals surface area contributed by atoms with Crippen LogP contribution in [0.1, 0.15) is 197 Å². The number of fused-ring (bicyclic) bond motifs is 7. The second-order valence-electron chi connectivity index (χ2n) is 21.3. The first-order chi connectivity index (χ1) is 26.4. The average molecular weight is 781 g/mol. The number of unbranched alkanes of at least 4 members (excludes halogenated alkanes) is 8. The van der Waals surface area contributed by atoms with Crippen molar-refractivity contribution in [3.8, 4) is 0 Å². The van der Waals surface area contributed by atoms with Crippen molar-refractivity contribution in [3.05, 3.63) is 11.6 Å². The number of aliphatic carboxylic acids is 1. The monoisotopic (exact) mass is 781 g/mol. The third-order valence-corrected chi connectivity index (χ3v) is 17.1. The summed E-state index contributed by atoms with van der Waals surface area (Å²) in [5.41, 5.74) is 1.45. The zero-order valence-electron chi connectivity index (χ0n) is 36.8. The van der Waals surface area contributed by atoms with E-state index < -0.39 is 11.4 Å². The van der Waals surface area contributed by atoms with E-state index in [0.29, 0.717) is 31.2 Å². The summed E-state index contributed by atoms with van der Waals surface area (Å²) in [5.74, 6) is -0.00322. The molecule has 318 valence electrons. The number of esters is 1. The Bertz CT molecular complexity index is 1450. The minimum atomic E-state index is -1.06. The Morgan fingerprint density at radius 3 is 2.09 bits per heavy atom. The molecule has 0 aromatic rings. The van der Waals surface area contributed by atoms with Crippen molar-refractivity contribution in [2.24, 2.45) is 50.2 Å². The van der Waals surface area contributed by atoms with Gasteiger partial charge in [0.15, 0.2) is 0 Å². The highest BCUT2D eigenvalue weighted by Gasteiger charge is 2.69. The van der Waals surface area contributed by atoms with Gasteiger partial charge in [0.25, 0.3) is 0 Å². The van der Waals surface area contributed by atoms with Crippen LogP contribution in [-0.4, -0.2) is 48.1 Å². The zero-order chi connectivity index (χ0) is 41.0. The van der Waals surface area contributed by atoms with E-state index in [1.165, 1.54) is 44.9 Å². The van der Waals surface area contributed by atoms with E-state index in [1.54, 1.807) is 5.57 Å². The van der Waals surface area contributed by atoms with Gasteiger partial charge in [-0.2, -0.15) is 0 Å². The fourth-order valence-electron chi connectivity index (χ4n) is 13.5. The van der Waals surface area contributed by atoms with Crippen LogP contribution >= 0.6 is 0 Å². The molecular weight excluding hydrogens is 701 g/mol. The van der Waals surface area contributed by atoms with Gasteiger partial charge in [0.2, 0.25) is 11.8 Å². The molecule has 0 heterocycles. The van der Waals surface area contributed by atoms with Gasteiger partial charge in [-0.3, -0.25) is 19.2 Å². The van der Waals surface area contributed by atoms with E-state index in [0.717, 1.165) is 77.0 Å². The number of amides is 2. The van der Waals surface area contributed by atoms with Crippen LogP contribution in [0.4, 0.5) is 0 Å². The first kappa shape index (κ1) is 44.7. The molecule has 0 saturated heterocycles. The highest BCUT2D eigenvalue weighted by atomic mass is 16.5. The Kier molecular flexibility index (Phi) is 14.3. The van der Waals surface area contributed by atoms with Gasteiger partial charge < -0.3 is 20.5 Å². The van der Waals surface area contributed by atoms with E-state index in [9.17, 15) is 19.2 Å². The molecule has 5 rings (SSSR count).